The molecule has 0 aliphatic carbocycles. The Kier molecular flexibility index (Phi) is 65.8. The second-order valence-corrected chi connectivity index (χ2v) is 32.4. The fraction of sp³-hybridized carbons (Fsp3) is 0.859. The summed E-state index contributed by atoms with van der Waals surface area (Å²) in [7, 11) is 0. The number of rotatable bonds is 74. The Morgan fingerprint density at radius 1 is 0.324 bits per heavy atom. The maximum Gasteiger partial charge on any atom is 0.220 e. The molecule has 3 aliphatic rings. The van der Waals surface area contributed by atoms with Crippen molar-refractivity contribution in [3.8, 4) is 0 Å². The Hall–Kier alpha value is -2.77. The monoisotopic (exact) mass is 1570 g/mol. The molecule has 17 unspecified atom stereocenters. The van der Waals surface area contributed by atoms with Gasteiger partial charge in [-0.15, -0.1) is 0 Å². The van der Waals surface area contributed by atoms with Crippen LogP contribution in [0, 0.1) is 0 Å². The zero-order valence-electron chi connectivity index (χ0n) is 69.9. The summed E-state index contributed by atoms with van der Waals surface area (Å²) in [5, 5.41) is 121. The number of aliphatic hydroxyl groups is 11. The van der Waals surface area contributed by atoms with Crippen LogP contribution in [0.2, 0.25) is 0 Å². The SMILES string of the molecule is CCCCCCC/C=C\C/C=C\C/C=C\CCCCCCCCCCCCCCCCCCCCCCCCCCC(=O)NC(COC1OC(CO)C(OC2OC(CO)C(OC3OC(CO)C(O)C(O)C3O)C(O)C2O)C(O)C1O)C(O)/C=C/CC/C=C/CC/C=C/CCCCCCCCCCCCCCCCCCC. The summed E-state index contributed by atoms with van der Waals surface area (Å²) < 4.78 is 34.5. The van der Waals surface area contributed by atoms with Crippen LogP contribution in [0.15, 0.2) is 72.9 Å². The third-order valence-corrected chi connectivity index (χ3v) is 22.5. The number of hydrogen-bond donors (Lipinski definition) is 12. The van der Waals surface area contributed by atoms with Gasteiger partial charge in [-0.3, -0.25) is 4.79 Å². The molecule has 3 aliphatic heterocycles. The molecule has 0 spiro atoms. The topological polar surface area (TPSA) is 307 Å². The van der Waals surface area contributed by atoms with Crippen LogP contribution in [0.5, 0.6) is 0 Å². The van der Waals surface area contributed by atoms with Crippen molar-refractivity contribution in [2.45, 2.75) is 478 Å². The van der Waals surface area contributed by atoms with Crippen molar-refractivity contribution in [1.29, 1.82) is 0 Å². The van der Waals surface area contributed by atoms with Gasteiger partial charge in [0.05, 0.1) is 38.6 Å². The minimum atomic E-state index is -1.99. The molecule has 19 nitrogen and oxygen atoms in total. The van der Waals surface area contributed by atoms with Crippen molar-refractivity contribution >= 4 is 5.91 Å². The summed E-state index contributed by atoms with van der Waals surface area (Å²) >= 11 is 0. The lowest BCUT2D eigenvalue weighted by Crippen LogP contribution is -2.66. The van der Waals surface area contributed by atoms with Crippen molar-refractivity contribution in [2.24, 2.45) is 0 Å². The van der Waals surface area contributed by atoms with Crippen LogP contribution in [-0.4, -0.2) is 193 Å². The maximum absolute atomic E-state index is 13.5. The highest BCUT2D eigenvalue weighted by Crippen LogP contribution is 2.34. The molecule has 0 aromatic rings. The minimum Gasteiger partial charge on any atom is -0.394 e. The van der Waals surface area contributed by atoms with Gasteiger partial charge in [0.25, 0.3) is 0 Å². The first-order valence-corrected chi connectivity index (χ1v) is 45.7. The van der Waals surface area contributed by atoms with Gasteiger partial charge in [-0.1, -0.05) is 356 Å². The molecule has 19 heteroatoms. The largest absolute Gasteiger partial charge is 0.394 e. The van der Waals surface area contributed by atoms with Gasteiger partial charge < -0.3 is 89.9 Å². The zero-order valence-corrected chi connectivity index (χ0v) is 69.9. The van der Waals surface area contributed by atoms with Crippen LogP contribution < -0.4 is 5.32 Å². The molecule has 3 fully saturated rings. The molecule has 0 radical (unpaired) electrons. The number of carbonyl (C=O) groups is 1. The minimum absolute atomic E-state index is 0.233. The van der Waals surface area contributed by atoms with E-state index >= 15 is 0 Å². The summed E-state index contributed by atoms with van der Waals surface area (Å²) in [4.78, 5) is 13.5. The van der Waals surface area contributed by atoms with E-state index in [0.717, 1.165) is 57.8 Å². The zero-order chi connectivity index (χ0) is 80.3. The standard InChI is InChI=1S/C92H167NO18/c1-3-5-7-9-11-13-15-17-19-21-23-25-27-29-31-32-33-34-35-36-37-38-39-40-41-42-44-46-48-50-52-54-56-58-60-62-64-66-68-70-80(98)93-75(76(97)69-67-65-63-61-59-57-55-53-51-49-47-45-43-30-28-26-24-22-20-18-16-14-12-10-8-6-4-2)74-106-90-86(104)83(101)88(78(72-95)108-90)111-92-87(105)84(102)89(79(73-96)109-92)110-91-85(103)82(100)81(99)77(71-94)107-91/h15,17,21,23,27,29,51,53,59,61,67,69,75-79,81-92,94-97,99-105H,3-14,16,18-20,22,24-26,28,30-50,52,54-58,60,62-66,68,70-74H2,1-2H3,(H,93,98)/b17-15-,23-21-,29-27-,53-51+,61-59+,69-67+. The highest BCUT2D eigenvalue weighted by Gasteiger charge is 2.54. The molecule has 3 rings (SSSR count). The molecule has 3 saturated heterocycles. The molecule has 0 aromatic carbocycles. The lowest BCUT2D eigenvalue weighted by atomic mass is 9.96. The summed E-state index contributed by atoms with van der Waals surface area (Å²) in [6.45, 7) is 1.75. The number of hydrogen-bond acceptors (Lipinski definition) is 18. The van der Waals surface area contributed by atoms with Gasteiger partial charge >= 0.3 is 0 Å². The molecule has 12 N–H and O–H groups in total. The smallest absolute Gasteiger partial charge is 0.220 e. The lowest BCUT2D eigenvalue weighted by Gasteiger charge is -2.48. The van der Waals surface area contributed by atoms with Crippen LogP contribution in [0.25, 0.3) is 0 Å². The third-order valence-electron chi connectivity index (χ3n) is 22.5. The summed E-state index contributed by atoms with van der Waals surface area (Å²) in [5.74, 6) is -0.284. The molecule has 0 bridgehead atoms. The molecule has 648 valence electrons. The molecule has 0 aromatic heterocycles. The number of carbonyl (C=O) groups excluding carboxylic acids is 1. The van der Waals surface area contributed by atoms with Gasteiger partial charge in [0.1, 0.15) is 73.2 Å². The van der Waals surface area contributed by atoms with Gasteiger partial charge in [0.2, 0.25) is 5.91 Å². The maximum atomic E-state index is 13.5. The lowest BCUT2D eigenvalue weighted by molar-refractivity contribution is -0.379. The van der Waals surface area contributed by atoms with E-state index in [1.807, 2.05) is 6.08 Å². The summed E-state index contributed by atoms with van der Waals surface area (Å²) in [6.07, 6.45) is 69.2. The Morgan fingerprint density at radius 3 is 0.964 bits per heavy atom. The molecule has 1 amide bonds. The van der Waals surface area contributed by atoms with Crippen LogP contribution in [0.1, 0.15) is 373 Å². The van der Waals surface area contributed by atoms with Crippen molar-refractivity contribution < 1.29 is 89.4 Å². The summed E-state index contributed by atoms with van der Waals surface area (Å²) in [5.41, 5.74) is 0. The number of allylic oxidation sites excluding steroid dienone is 11. The van der Waals surface area contributed by atoms with Crippen LogP contribution in [0.4, 0.5) is 0 Å². The van der Waals surface area contributed by atoms with Crippen molar-refractivity contribution in [1.82, 2.24) is 5.32 Å². The number of ether oxygens (including phenoxy) is 6. The van der Waals surface area contributed by atoms with E-state index in [0.29, 0.717) is 12.8 Å². The van der Waals surface area contributed by atoms with Crippen LogP contribution in [0.3, 0.4) is 0 Å². The third kappa shape index (κ3) is 49.9. The number of nitrogens with one attached hydrogen (secondary N) is 1. The average molecular weight is 1580 g/mol. The predicted octanol–water partition coefficient (Wildman–Crippen LogP) is 17.5. The predicted molar refractivity (Wildman–Crippen MR) is 448 cm³/mol. The van der Waals surface area contributed by atoms with E-state index in [2.05, 4.69) is 79.9 Å². The fourth-order valence-electron chi connectivity index (χ4n) is 15.2. The first-order valence-electron chi connectivity index (χ1n) is 45.7. The molecule has 3 heterocycles. The van der Waals surface area contributed by atoms with Gasteiger partial charge in [-0.2, -0.15) is 0 Å². The van der Waals surface area contributed by atoms with E-state index in [1.54, 1.807) is 6.08 Å². The number of aliphatic hydroxyl groups excluding tert-OH is 11. The normalized spacial score (nSPS) is 25.4. The van der Waals surface area contributed by atoms with Gasteiger partial charge in [-0.25, -0.2) is 0 Å². The van der Waals surface area contributed by atoms with E-state index in [4.69, 9.17) is 28.4 Å². The highest BCUT2D eigenvalue weighted by molar-refractivity contribution is 5.76. The first kappa shape index (κ1) is 102. The van der Waals surface area contributed by atoms with Gasteiger partial charge in [0, 0.05) is 6.42 Å². The van der Waals surface area contributed by atoms with Crippen molar-refractivity contribution in [3.63, 3.8) is 0 Å². The molecular weight excluding hydrogens is 1410 g/mol. The molecule has 111 heavy (non-hydrogen) atoms. The van der Waals surface area contributed by atoms with Crippen molar-refractivity contribution in [2.75, 3.05) is 26.4 Å². The van der Waals surface area contributed by atoms with E-state index in [1.165, 1.54) is 283 Å². The quantitative estimate of drug-likeness (QED) is 0.0199. The van der Waals surface area contributed by atoms with Gasteiger partial charge in [0.15, 0.2) is 18.9 Å². The second kappa shape index (κ2) is 71.3. The van der Waals surface area contributed by atoms with Crippen LogP contribution >= 0.6 is 0 Å². The van der Waals surface area contributed by atoms with Crippen LogP contribution in [-0.2, 0) is 33.2 Å². The first-order chi connectivity index (χ1) is 54.3. The highest BCUT2D eigenvalue weighted by atomic mass is 16.8. The molecule has 17 atom stereocenters. The molecule has 0 saturated carbocycles. The number of unbranched alkanes of at least 4 members (excludes halogenated alkanes) is 48. The van der Waals surface area contributed by atoms with E-state index in [-0.39, 0.29) is 18.9 Å². The Labute approximate surface area is 674 Å². The Morgan fingerprint density at radius 2 is 0.604 bits per heavy atom. The molecular formula is C92H167NO18. The number of amides is 1. The summed E-state index contributed by atoms with van der Waals surface area (Å²) in [6, 6.07) is -1.000. The Balaban J connectivity index is 1.32. The second-order valence-electron chi connectivity index (χ2n) is 32.4. The van der Waals surface area contributed by atoms with Gasteiger partial charge in [-0.05, 0) is 83.5 Å². The van der Waals surface area contributed by atoms with Crippen molar-refractivity contribution in [3.05, 3.63) is 72.9 Å². The van der Waals surface area contributed by atoms with E-state index < -0.39 is 124 Å². The Bertz CT molecular complexity index is 2280. The fourth-order valence-corrected chi connectivity index (χ4v) is 15.2. The van der Waals surface area contributed by atoms with E-state index in [9.17, 15) is 61.0 Å². The average Bonchev–Trinajstić information content (AvgIpc) is 0.780.